The molecule has 0 fully saturated rings. The van der Waals surface area contributed by atoms with Crippen LogP contribution in [0.1, 0.15) is 17.5 Å². The molecule has 4 nitrogen and oxygen atoms in total. The second-order valence-electron chi connectivity index (χ2n) is 6.63. The van der Waals surface area contributed by atoms with Crippen LogP contribution in [0.3, 0.4) is 0 Å². The molecule has 8 heteroatoms. The summed E-state index contributed by atoms with van der Waals surface area (Å²) in [6, 6.07) is 9.48. The number of alkyl halides is 3. The molecule has 0 bridgehead atoms. The van der Waals surface area contributed by atoms with Crippen molar-refractivity contribution >= 4 is 35.0 Å². The Morgan fingerprint density at radius 1 is 1.18 bits per heavy atom. The fraction of sp³-hybridized carbons (Fsp3) is 0.300. The molecule has 0 unspecified atom stereocenters. The molecule has 0 saturated carbocycles. The number of carbonyl (C=O) groups excluding carboxylic acids is 2. The number of thioether (sulfide) groups is 1. The number of hydrogen-bond donors (Lipinski definition) is 1. The molecule has 28 heavy (non-hydrogen) atoms. The van der Waals surface area contributed by atoms with Crippen LogP contribution in [0.4, 0.5) is 24.5 Å². The molecule has 2 amide bonds. The molecule has 2 aromatic rings. The molecule has 0 radical (unpaired) electrons. The smallest absolute Gasteiger partial charge is 0.324 e. The first-order valence-electron chi connectivity index (χ1n) is 8.64. The summed E-state index contributed by atoms with van der Waals surface area (Å²) >= 11 is 1.18. The van der Waals surface area contributed by atoms with Gasteiger partial charge in [0.25, 0.3) is 0 Å². The Morgan fingerprint density at radius 2 is 1.89 bits per heavy atom. The van der Waals surface area contributed by atoms with Gasteiger partial charge in [0.05, 0.1) is 23.5 Å². The van der Waals surface area contributed by atoms with E-state index < -0.39 is 30.5 Å². The molecule has 1 aliphatic rings. The topological polar surface area (TPSA) is 49.4 Å². The first-order chi connectivity index (χ1) is 13.2. The lowest BCUT2D eigenvalue weighted by molar-refractivity contribution is -0.157. The molecule has 2 aromatic carbocycles. The molecule has 148 valence electrons. The molecule has 1 N–H and O–H groups in total. The van der Waals surface area contributed by atoms with Crippen molar-refractivity contribution in [1.82, 2.24) is 0 Å². The van der Waals surface area contributed by atoms with Crippen LogP contribution in [0.5, 0.6) is 0 Å². The van der Waals surface area contributed by atoms with E-state index in [0.717, 1.165) is 16.0 Å². The van der Waals surface area contributed by atoms with Gasteiger partial charge < -0.3 is 5.32 Å². The summed E-state index contributed by atoms with van der Waals surface area (Å²) in [6.07, 6.45) is -5.56. The minimum absolute atomic E-state index is 0.0568. The largest absolute Gasteiger partial charge is 0.409 e. The van der Waals surface area contributed by atoms with Crippen LogP contribution in [0.2, 0.25) is 0 Å². The maximum Gasteiger partial charge on any atom is 0.409 e. The molecule has 1 atom stereocenters. The van der Waals surface area contributed by atoms with Crippen molar-refractivity contribution in [2.24, 2.45) is 0 Å². The fourth-order valence-electron chi connectivity index (χ4n) is 3.01. The number of nitrogens with zero attached hydrogens (tertiary/aromatic N) is 1. The summed E-state index contributed by atoms with van der Waals surface area (Å²) in [5.74, 6) is -1.64. The minimum Gasteiger partial charge on any atom is -0.324 e. The number of anilines is 2. The Hall–Kier alpha value is -2.48. The average molecular weight is 408 g/mol. The molecule has 1 aliphatic heterocycles. The number of benzene rings is 2. The molecule has 3 rings (SSSR count). The quantitative estimate of drug-likeness (QED) is 0.749. The normalized spacial score (nSPS) is 17.0. The van der Waals surface area contributed by atoms with Gasteiger partial charge in [-0.3, -0.25) is 14.5 Å². The van der Waals surface area contributed by atoms with Crippen molar-refractivity contribution in [1.29, 1.82) is 0 Å². The molecular formula is C20H19F3N2O2S. The number of fused-ring (bicyclic) bond motifs is 1. The van der Waals surface area contributed by atoms with Gasteiger partial charge in [0.2, 0.25) is 11.8 Å². The van der Waals surface area contributed by atoms with Gasteiger partial charge in [-0.1, -0.05) is 18.2 Å². The van der Waals surface area contributed by atoms with Crippen molar-refractivity contribution in [2.45, 2.75) is 37.4 Å². The van der Waals surface area contributed by atoms with Crippen LogP contribution in [0.15, 0.2) is 47.4 Å². The Morgan fingerprint density at radius 3 is 2.57 bits per heavy atom. The summed E-state index contributed by atoms with van der Waals surface area (Å²) in [6.45, 7) is 3.89. The number of nitrogens with one attached hydrogen (secondary N) is 1. The Balaban J connectivity index is 1.91. The number of halogens is 3. The number of rotatable bonds is 3. The zero-order valence-electron chi connectivity index (χ0n) is 15.3. The van der Waals surface area contributed by atoms with Gasteiger partial charge >= 0.3 is 6.18 Å². The summed E-state index contributed by atoms with van der Waals surface area (Å²) in [5.41, 5.74) is 2.39. The summed E-state index contributed by atoms with van der Waals surface area (Å²) < 4.78 is 41.0. The van der Waals surface area contributed by atoms with Crippen LogP contribution in [0.25, 0.3) is 0 Å². The maximum atomic E-state index is 13.7. The van der Waals surface area contributed by atoms with Crippen molar-refractivity contribution in [2.75, 3.05) is 16.0 Å². The minimum atomic E-state index is -4.73. The predicted octanol–water partition coefficient (Wildman–Crippen LogP) is 4.70. The summed E-state index contributed by atoms with van der Waals surface area (Å²) in [7, 11) is 0. The molecule has 0 aromatic heterocycles. The van der Waals surface area contributed by atoms with E-state index in [2.05, 4.69) is 5.32 Å². The summed E-state index contributed by atoms with van der Waals surface area (Å²) in [4.78, 5) is 26.3. The Kier molecular flexibility index (Phi) is 5.69. The standard InChI is InChI=1S/C20H19F3N2O2S/c1-12-7-8-14(9-13(12)2)28-11-19(27)25-16-6-4-3-5-15(16)24-18(26)10-17(25)20(21,22)23/h3-9,17H,10-11H2,1-2H3,(H,24,26)/t17-/m0/s1. The highest BCUT2D eigenvalue weighted by molar-refractivity contribution is 8.00. The highest BCUT2D eigenvalue weighted by atomic mass is 32.2. The van der Waals surface area contributed by atoms with Crippen molar-refractivity contribution < 1.29 is 22.8 Å². The third-order valence-electron chi connectivity index (χ3n) is 4.62. The van der Waals surface area contributed by atoms with E-state index in [0.29, 0.717) is 4.90 Å². The highest BCUT2D eigenvalue weighted by Crippen LogP contribution is 2.38. The number of amides is 2. The predicted molar refractivity (Wildman–Crippen MR) is 104 cm³/mol. The second kappa shape index (κ2) is 7.87. The summed E-state index contributed by atoms with van der Waals surface area (Å²) in [5, 5.41) is 2.46. The lowest BCUT2D eigenvalue weighted by Gasteiger charge is -2.31. The van der Waals surface area contributed by atoms with Crippen LogP contribution in [-0.4, -0.2) is 29.8 Å². The third kappa shape index (κ3) is 4.32. The van der Waals surface area contributed by atoms with Gasteiger partial charge in [-0.15, -0.1) is 11.8 Å². The number of para-hydroxylation sites is 2. The van der Waals surface area contributed by atoms with E-state index in [-0.39, 0.29) is 17.1 Å². The molecular weight excluding hydrogens is 389 g/mol. The lowest BCUT2D eigenvalue weighted by Crippen LogP contribution is -2.50. The van der Waals surface area contributed by atoms with Crippen LogP contribution in [0, 0.1) is 13.8 Å². The third-order valence-corrected chi connectivity index (χ3v) is 5.59. The first-order valence-corrected chi connectivity index (χ1v) is 9.63. The highest BCUT2D eigenvalue weighted by Gasteiger charge is 2.48. The monoisotopic (exact) mass is 408 g/mol. The van der Waals surface area contributed by atoms with E-state index in [4.69, 9.17) is 0 Å². The van der Waals surface area contributed by atoms with Gasteiger partial charge in [0.1, 0.15) is 6.04 Å². The number of carbonyl (C=O) groups is 2. The van der Waals surface area contributed by atoms with Gasteiger partial charge in [0.15, 0.2) is 0 Å². The molecule has 0 saturated heterocycles. The van der Waals surface area contributed by atoms with E-state index in [1.54, 1.807) is 12.1 Å². The van der Waals surface area contributed by atoms with Gasteiger partial charge in [-0.25, -0.2) is 0 Å². The zero-order chi connectivity index (χ0) is 20.5. The van der Waals surface area contributed by atoms with Gasteiger partial charge in [-0.2, -0.15) is 13.2 Å². The Labute approximate surface area is 165 Å². The second-order valence-corrected chi connectivity index (χ2v) is 7.67. The zero-order valence-corrected chi connectivity index (χ0v) is 16.2. The van der Waals surface area contributed by atoms with Crippen LogP contribution < -0.4 is 10.2 Å². The molecule has 0 aliphatic carbocycles. The number of hydrogen-bond acceptors (Lipinski definition) is 3. The van der Waals surface area contributed by atoms with E-state index in [1.165, 1.54) is 23.9 Å². The van der Waals surface area contributed by atoms with Gasteiger partial charge in [0, 0.05) is 4.90 Å². The van der Waals surface area contributed by atoms with Crippen molar-refractivity contribution in [3.63, 3.8) is 0 Å². The number of aryl methyl sites for hydroxylation is 2. The van der Waals surface area contributed by atoms with Crippen molar-refractivity contribution in [3.05, 3.63) is 53.6 Å². The van der Waals surface area contributed by atoms with Crippen LogP contribution in [-0.2, 0) is 9.59 Å². The van der Waals surface area contributed by atoms with Crippen molar-refractivity contribution in [3.8, 4) is 0 Å². The SMILES string of the molecule is Cc1ccc(SCC(=O)N2c3ccccc3NC(=O)C[C@H]2C(F)(F)F)cc1C. The molecule has 1 heterocycles. The van der Waals surface area contributed by atoms with E-state index in [1.807, 2.05) is 32.0 Å². The van der Waals surface area contributed by atoms with E-state index in [9.17, 15) is 22.8 Å². The van der Waals surface area contributed by atoms with Gasteiger partial charge in [-0.05, 0) is 49.2 Å². The fourth-order valence-corrected chi connectivity index (χ4v) is 3.87. The average Bonchev–Trinajstić information content (AvgIpc) is 2.78. The maximum absolute atomic E-state index is 13.7. The lowest BCUT2D eigenvalue weighted by atomic mass is 10.1. The van der Waals surface area contributed by atoms with E-state index >= 15 is 0 Å². The van der Waals surface area contributed by atoms with Crippen LogP contribution >= 0.6 is 11.8 Å². The molecule has 0 spiro atoms. The first kappa shape index (κ1) is 20.3. The Bertz CT molecular complexity index is 915.